The number of halogens is 2. The predicted molar refractivity (Wildman–Crippen MR) is 80.0 cm³/mol. The maximum atomic E-state index is 13.9. The lowest BCUT2D eigenvalue weighted by molar-refractivity contribution is -0.118. The molecule has 0 bridgehead atoms. The third-order valence-electron chi connectivity index (χ3n) is 3.82. The molecule has 0 saturated carbocycles. The fourth-order valence-electron chi connectivity index (χ4n) is 2.80. The first-order chi connectivity index (χ1) is 9.99. The second-order valence-electron chi connectivity index (χ2n) is 5.53. The number of hydrogen-bond acceptors (Lipinski definition) is 2. The highest BCUT2D eigenvalue weighted by atomic mass is 35.5. The topological polar surface area (TPSA) is 37.4 Å². The summed E-state index contributed by atoms with van der Waals surface area (Å²) >= 11 is 5.86. The van der Waals surface area contributed by atoms with Gasteiger partial charge in [0.2, 0.25) is 0 Å². The summed E-state index contributed by atoms with van der Waals surface area (Å²) in [7, 11) is 0. The Kier molecular flexibility index (Phi) is 5.34. The fourth-order valence-corrected chi connectivity index (χ4v) is 2.98. The number of Topliss-reactive ketones (excluding diaryl/α,β-unsaturated/α-hetero) is 1. The number of nitrogens with zero attached hydrogens (tertiary/aromatic N) is 1. The first kappa shape index (κ1) is 16.0. The summed E-state index contributed by atoms with van der Waals surface area (Å²) in [6.07, 6.45) is 4.00. The van der Waals surface area contributed by atoms with Gasteiger partial charge in [-0.3, -0.25) is 9.59 Å². The Labute approximate surface area is 129 Å². The van der Waals surface area contributed by atoms with E-state index in [9.17, 15) is 14.0 Å². The van der Waals surface area contributed by atoms with E-state index in [1.807, 2.05) is 0 Å². The van der Waals surface area contributed by atoms with Gasteiger partial charge < -0.3 is 4.90 Å². The average Bonchev–Trinajstić information content (AvgIpc) is 2.65. The van der Waals surface area contributed by atoms with Crippen molar-refractivity contribution >= 4 is 23.3 Å². The van der Waals surface area contributed by atoms with Crippen LogP contribution in [0.4, 0.5) is 4.39 Å². The maximum Gasteiger partial charge on any atom is 0.257 e. The lowest BCUT2D eigenvalue weighted by Gasteiger charge is -2.29. The zero-order chi connectivity index (χ0) is 15.4. The summed E-state index contributed by atoms with van der Waals surface area (Å²) in [6, 6.07) is 3.83. The van der Waals surface area contributed by atoms with E-state index < -0.39 is 5.82 Å². The molecule has 3 nitrogen and oxygen atoms in total. The van der Waals surface area contributed by atoms with E-state index in [1.54, 1.807) is 4.90 Å². The third kappa shape index (κ3) is 4.03. The summed E-state index contributed by atoms with van der Waals surface area (Å²) < 4.78 is 13.9. The molecule has 0 aromatic heterocycles. The number of rotatable bonds is 3. The zero-order valence-electron chi connectivity index (χ0n) is 12.1. The Morgan fingerprint density at radius 2 is 2.10 bits per heavy atom. The minimum absolute atomic E-state index is 0.0158. The van der Waals surface area contributed by atoms with Gasteiger partial charge in [0, 0.05) is 24.0 Å². The van der Waals surface area contributed by atoms with Crippen LogP contribution in [0, 0.1) is 5.82 Å². The highest BCUT2D eigenvalue weighted by Crippen LogP contribution is 2.24. The molecule has 1 aromatic rings. The van der Waals surface area contributed by atoms with Crippen molar-refractivity contribution in [3.05, 3.63) is 34.6 Å². The third-order valence-corrected chi connectivity index (χ3v) is 4.05. The second-order valence-corrected chi connectivity index (χ2v) is 5.97. The molecule has 1 atom stereocenters. The molecule has 114 valence electrons. The molecule has 1 heterocycles. The van der Waals surface area contributed by atoms with Gasteiger partial charge in [-0.15, -0.1) is 0 Å². The van der Waals surface area contributed by atoms with Crippen LogP contribution in [-0.4, -0.2) is 29.2 Å². The lowest BCUT2D eigenvalue weighted by Crippen LogP contribution is -2.41. The van der Waals surface area contributed by atoms with Crippen molar-refractivity contribution < 1.29 is 14.0 Å². The Balaban J connectivity index is 2.28. The summed E-state index contributed by atoms with van der Waals surface area (Å²) in [5, 5.41) is 0.331. The van der Waals surface area contributed by atoms with Crippen LogP contribution in [0.1, 0.15) is 49.4 Å². The van der Waals surface area contributed by atoms with Crippen molar-refractivity contribution in [2.24, 2.45) is 0 Å². The number of amides is 1. The molecule has 21 heavy (non-hydrogen) atoms. The lowest BCUT2D eigenvalue weighted by atomic mass is 10.0. The van der Waals surface area contributed by atoms with Gasteiger partial charge >= 0.3 is 0 Å². The summed E-state index contributed by atoms with van der Waals surface area (Å²) in [6.45, 7) is 2.08. The van der Waals surface area contributed by atoms with Crippen molar-refractivity contribution in [3.63, 3.8) is 0 Å². The zero-order valence-corrected chi connectivity index (χ0v) is 12.8. The van der Waals surface area contributed by atoms with Gasteiger partial charge in [0.25, 0.3) is 5.91 Å². The van der Waals surface area contributed by atoms with E-state index >= 15 is 0 Å². The number of carbonyl (C=O) groups is 2. The fraction of sp³-hybridized carbons (Fsp3) is 0.500. The maximum absolute atomic E-state index is 13.9. The average molecular weight is 312 g/mol. The second kappa shape index (κ2) is 7.03. The first-order valence-electron chi connectivity index (χ1n) is 7.24. The molecule has 1 unspecified atom stereocenters. The standard InChI is InChI=1S/C16H19ClFNO2/c1-11(20)9-13-5-3-2-4-8-19(13)16(21)14-10-12(17)6-7-15(14)18/h6-7,10,13H,2-5,8-9H2,1H3. The Morgan fingerprint density at radius 1 is 1.33 bits per heavy atom. The van der Waals surface area contributed by atoms with Crippen molar-refractivity contribution in [2.75, 3.05) is 6.54 Å². The Morgan fingerprint density at radius 3 is 2.81 bits per heavy atom. The van der Waals surface area contributed by atoms with Crippen LogP contribution in [0.2, 0.25) is 5.02 Å². The molecular weight excluding hydrogens is 293 g/mol. The highest BCUT2D eigenvalue weighted by molar-refractivity contribution is 6.31. The van der Waals surface area contributed by atoms with E-state index in [1.165, 1.54) is 25.1 Å². The molecule has 0 aliphatic carbocycles. The molecule has 1 aliphatic heterocycles. The van der Waals surface area contributed by atoms with Crippen LogP contribution in [0.15, 0.2) is 18.2 Å². The minimum atomic E-state index is -0.574. The van der Waals surface area contributed by atoms with Crippen molar-refractivity contribution in [3.8, 4) is 0 Å². The summed E-state index contributed by atoms with van der Waals surface area (Å²) in [4.78, 5) is 25.7. The van der Waals surface area contributed by atoms with Gasteiger partial charge in [0.15, 0.2) is 0 Å². The molecule has 1 fully saturated rings. The molecule has 1 aromatic carbocycles. The van der Waals surface area contributed by atoms with Crippen LogP contribution >= 0.6 is 11.6 Å². The van der Waals surface area contributed by atoms with E-state index in [0.29, 0.717) is 18.0 Å². The SMILES string of the molecule is CC(=O)CC1CCCCCN1C(=O)c1cc(Cl)ccc1F. The van der Waals surface area contributed by atoms with E-state index in [2.05, 4.69) is 0 Å². The number of carbonyl (C=O) groups excluding carboxylic acids is 2. The number of likely N-dealkylation sites (tertiary alicyclic amines) is 1. The summed E-state index contributed by atoms with van der Waals surface area (Å²) in [5.74, 6) is -0.898. The quantitative estimate of drug-likeness (QED) is 0.850. The van der Waals surface area contributed by atoms with Crippen molar-refractivity contribution in [2.45, 2.75) is 45.1 Å². The van der Waals surface area contributed by atoms with Crippen molar-refractivity contribution in [1.29, 1.82) is 0 Å². The molecule has 1 saturated heterocycles. The summed E-state index contributed by atoms with van der Waals surface area (Å²) in [5.41, 5.74) is -0.0158. The molecule has 5 heteroatoms. The normalized spacial score (nSPS) is 19.2. The molecular formula is C16H19ClFNO2. The van der Waals surface area contributed by atoms with Crippen LogP contribution in [0.25, 0.3) is 0 Å². The Bertz CT molecular complexity index is 547. The minimum Gasteiger partial charge on any atom is -0.335 e. The van der Waals surface area contributed by atoms with E-state index in [0.717, 1.165) is 25.7 Å². The Hall–Kier alpha value is -1.42. The van der Waals surface area contributed by atoms with Gasteiger partial charge in [-0.1, -0.05) is 24.4 Å². The highest BCUT2D eigenvalue weighted by Gasteiger charge is 2.28. The van der Waals surface area contributed by atoms with E-state index in [-0.39, 0.29) is 23.3 Å². The smallest absolute Gasteiger partial charge is 0.257 e. The molecule has 2 rings (SSSR count). The molecule has 0 radical (unpaired) electrons. The number of hydrogen-bond donors (Lipinski definition) is 0. The van der Waals surface area contributed by atoms with E-state index in [4.69, 9.17) is 11.6 Å². The van der Waals surface area contributed by atoms with Crippen molar-refractivity contribution in [1.82, 2.24) is 4.90 Å². The van der Waals surface area contributed by atoms with Gasteiger partial charge in [0.1, 0.15) is 11.6 Å². The monoisotopic (exact) mass is 311 g/mol. The molecule has 1 aliphatic rings. The predicted octanol–water partition coefficient (Wildman–Crippen LogP) is 3.84. The van der Waals surface area contributed by atoms with Gasteiger partial charge in [-0.25, -0.2) is 4.39 Å². The number of ketones is 1. The largest absolute Gasteiger partial charge is 0.335 e. The molecule has 0 N–H and O–H groups in total. The van der Waals surface area contributed by atoms with Crippen LogP contribution in [0.3, 0.4) is 0 Å². The van der Waals surface area contributed by atoms with Gasteiger partial charge in [-0.2, -0.15) is 0 Å². The molecule has 0 spiro atoms. The van der Waals surface area contributed by atoms with Crippen LogP contribution < -0.4 is 0 Å². The first-order valence-corrected chi connectivity index (χ1v) is 7.62. The number of benzene rings is 1. The van der Waals surface area contributed by atoms with Gasteiger partial charge in [-0.05, 0) is 38.0 Å². The van der Waals surface area contributed by atoms with Gasteiger partial charge in [0.05, 0.1) is 5.56 Å². The molecule has 1 amide bonds. The van der Waals surface area contributed by atoms with Crippen LogP contribution in [-0.2, 0) is 4.79 Å². The van der Waals surface area contributed by atoms with Crippen LogP contribution in [0.5, 0.6) is 0 Å².